The van der Waals surface area contributed by atoms with Crippen molar-refractivity contribution in [3.8, 4) is 5.75 Å². The Bertz CT molecular complexity index is 1030. The molecule has 0 saturated carbocycles. The Hall–Kier alpha value is -2.65. The predicted octanol–water partition coefficient (Wildman–Crippen LogP) is 5.04. The van der Waals surface area contributed by atoms with Gasteiger partial charge in [0.05, 0.1) is 26.1 Å². The second kappa shape index (κ2) is 8.57. The van der Waals surface area contributed by atoms with E-state index in [0.717, 1.165) is 4.47 Å². The van der Waals surface area contributed by atoms with Gasteiger partial charge in [-0.3, -0.25) is 14.9 Å². The Morgan fingerprint density at radius 2 is 1.89 bits per heavy atom. The van der Waals surface area contributed by atoms with Gasteiger partial charge < -0.3 is 4.74 Å². The van der Waals surface area contributed by atoms with E-state index in [2.05, 4.69) is 21.0 Å². The zero-order valence-corrected chi connectivity index (χ0v) is 17.5. The van der Waals surface area contributed by atoms with Crippen molar-refractivity contribution in [3.05, 3.63) is 74.5 Å². The number of halogens is 1. The first-order valence-electron chi connectivity index (χ1n) is 8.26. The van der Waals surface area contributed by atoms with Crippen molar-refractivity contribution < 1.29 is 14.5 Å². The van der Waals surface area contributed by atoms with Crippen molar-refractivity contribution in [1.82, 2.24) is 9.78 Å². The molecule has 1 heterocycles. The van der Waals surface area contributed by atoms with Gasteiger partial charge in [-0.25, -0.2) is 4.68 Å². The third-order valence-corrected chi connectivity index (χ3v) is 5.80. The molecule has 1 aromatic heterocycles. The van der Waals surface area contributed by atoms with Gasteiger partial charge in [0.2, 0.25) is 0 Å². The van der Waals surface area contributed by atoms with E-state index < -0.39 is 4.92 Å². The minimum Gasteiger partial charge on any atom is -0.484 e. The third kappa shape index (κ3) is 4.42. The fraction of sp³-hybridized carbons (Fsp3) is 0.158. The Morgan fingerprint density at radius 1 is 1.21 bits per heavy atom. The zero-order chi connectivity index (χ0) is 20.3. The van der Waals surface area contributed by atoms with Gasteiger partial charge in [0.25, 0.3) is 11.6 Å². The Labute approximate surface area is 174 Å². The molecule has 0 bridgehead atoms. The van der Waals surface area contributed by atoms with Crippen LogP contribution in [0.3, 0.4) is 0 Å². The zero-order valence-electron chi connectivity index (χ0n) is 15.1. The van der Waals surface area contributed by atoms with Crippen LogP contribution < -0.4 is 4.74 Å². The maximum atomic E-state index is 12.5. The standard InChI is InChI=1S/C19H16BrN3O4S/c1-12-19(28-17-6-4-3-5-16(17)23(25)26)13(2)22(21-12)18(24)11-27-15-9-7-14(20)8-10-15/h3-10H,11H2,1-2H3. The summed E-state index contributed by atoms with van der Waals surface area (Å²) in [7, 11) is 0. The molecule has 0 aliphatic rings. The van der Waals surface area contributed by atoms with Gasteiger partial charge in [0.15, 0.2) is 6.61 Å². The summed E-state index contributed by atoms with van der Waals surface area (Å²) < 4.78 is 7.72. The van der Waals surface area contributed by atoms with Crippen LogP contribution in [0.15, 0.2) is 62.8 Å². The van der Waals surface area contributed by atoms with E-state index in [1.807, 2.05) is 12.1 Å². The molecule has 28 heavy (non-hydrogen) atoms. The van der Waals surface area contributed by atoms with Crippen LogP contribution >= 0.6 is 27.7 Å². The number of nitrogens with zero attached hydrogens (tertiary/aromatic N) is 3. The van der Waals surface area contributed by atoms with Crippen molar-refractivity contribution >= 4 is 39.3 Å². The van der Waals surface area contributed by atoms with E-state index in [0.29, 0.717) is 26.9 Å². The lowest BCUT2D eigenvalue weighted by atomic mass is 10.3. The quantitative estimate of drug-likeness (QED) is 0.377. The van der Waals surface area contributed by atoms with Crippen molar-refractivity contribution in [2.75, 3.05) is 6.61 Å². The first-order valence-corrected chi connectivity index (χ1v) is 9.87. The molecule has 0 N–H and O–H groups in total. The van der Waals surface area contributed by atoms with Gasteiger partial charge in [0, 0.05) is 10.5 Å². The van der Waals surface area contributed by atoms with Crippen LogP contribution in [0.25, 0.3) is 0 Å². The summed E-state index contributed by atoms with van der Waals surface area (Å²) in [5.41, 5.74) is 1.26. The van der Waals surface area contributed by atoms with E-state index in [1.165, 1.54) is 22.5 Å². The van der Waals surface area contributed by atoms with Crippen LogP contribution in [-0.2, 0) is 0 Å². The monoisotopic (exact) mass is 461 g/mol. The van der Waals surface area contributed by atoms with E-state index >= 15 is 0 Å². The van der Waals surface area contributed by atoms with E-state index in [1.54, 1.807) is 44.2 Å². The van der Waals surface area contributed by atoms with Crippen molar-refractivity contribution in [3.63, 3.8) is 0 Å². The first kappa shape index (κ1) is 20.1. The Kier molecular flexibility index (Phi) is 6.15. The number of benzene rings is 2. The second-order valence-corrected chi connectivity index (χ2v) is 7.84. The highest BCUT2D eigenvalue weighted by Crippen LogP contribution is 2.37. The fourth-order valence-corrected chi connectivity index (χ4v) is 3.86. The molecule has 0 atom stereocenters. The molecule has 3 aromatic rings. The number of nitro benzene ring substituents is 1. The van der Waals surface area contributed by atoms with E-state index in [-0.39, 0.29) is 18.2 Å². The number of carbonyl (C=O) groups excluding carboxylic acids is 1. The number of hydrogen-bond donors (Lipinski definition) is 0. The van der Waals surface area contributed by atoms with Crippen LogP contribution in [0.2, 0.25) is 0 Å². The molecule has 3 rings (SSSR count). The van der Waals surface area contributed by atoms with Crippen LogP contribution in [0.4, 0.5) is 5.69 Å². The number of hydrogen-bond acceptors (Lipinski definition) is 6. The number of para-hydroxylation sites is 1. The van der Waals surface area contributed by atoms with Gasteiger partial charge in [-0.15, -0.1) is 0 Å². The molecule has 2 aromatic carbocycles. The second-order valence-electron chi connectivity index (χ2n) is 5.87. The minimum absolute atomic E-state index is 0.0175. The largest absolute Gasteiger partial charge is 0.484 e. The Morgan fingerprint density at radius 3 is 2.57 bits per heavy atom. The minimum atomic E-state index is -0.422. The molecule has 0 aliphatic heterocycles. The molecule has 0 radical (unpaired) electrons. The highest BCUT2D eigenvalue weighted by molar-refractivity contribution is 9.10. The van der Waals surface area contributed by atoms with Crippen molar-refractivity contribution in [1.29, 1.82) is 0 Å². The van der Waals surface area contributed by atoms with Gasteiger partial charge in [0.1, 0.15) is 5.75 Å². The lowest BCUT2D eigenvalue weighted by molar-refractivity contribution is -0.387. The predicted molar refractivity (Wildman–Crippen MR) is 109 cm³/mol. The number of aromatic nitrogens is 2. The van der Waals surface area contributed by atoms with Gasteiger partial charge >= 0.3 is 0 Å². The van der Waals surface area contributed by atoms with Crippen LogP contribution in [0, 0.1) is 24.0 Å². The molecule has 0 fully saturated rings. The summed E-state index contributed by atoms with van der Waals surface area (Å²) in [5.74, 6) is 0.255. The van der Waals surface area contributed by atoms with Crippen LogP contribution in [0.5, 0.6) is 5.75 Å². The van der Waals surface area contributed by atoms with Crippen LogP contribution in [-0.4, -0.2) is 27.2 Å². The topological polar surface area (TPSA) is 87.3 Å². The number of carbonyl (C=O) groups is 1. The molecule has 9 heteroatoms. The fourth-order valence-electron chi connectivity index (χ4n) is 2.56. The van der Waals surface area contributed by atoms with E-state index in [4.69, 9.17) is 4.74 Å². The molecular formula is C19H16BrN3O4S. The average molecular weight is 462 g/mol. The summed E-state index contributed by atoms with van der Waals surface area (Å²) in [6.45, 7) is 3.36. The van der Waals surface area contributed by atoms with Gasteiger partial charge in [-0.1, -0.05) is 39.8 Å². The molecule has 0 spiro atoms. The normalized spacial score (nSPS) is 10.7. The van der Waals surface area contributed by atoms with Crippen molar-refractivity contribution in [2.24, 2.45) is 0 Å². The van der Waals surface area contributed by atoms with Crippen LogP contribution in [0.1, 0.15) is 16.2 Å². The highest BCUT2D eigenvalue weighted by Gasteiger charge is 2.21. The number of aryl methyl sites for hydroxylation is 1. The molecule has 0 amide bonds. The smallest absolute Gasteiger partial charge is 0.285 e. The molecular weight excluding hydrogens is 446 g/mol. The highest BCUT2D eigenvalue weighted by atomic mass is 79.9. The van der Waals surface area contributed by atoms with E-state index in [9.17, 15) is 14.9 Å². The SMILES string of the molecule is Cc1nn(C(=O)COc2ccc(Br)cc2)c(C)c1Sc1ccccc1[N+](=O)[O-]. The molecule has 0 unspecified atom stereocenters. The summed E-state index contributed by atoms with van der Waals surface area (Å²) in [4.78, 5) is 24.6. The number of ether oxygens (including phenoxy) is 1. The number of rotatable bonds is 6. The lowest BCUT2D eigenvalue weighted by Crippen LogP contribution is -2.21. The maximum absolute atomic E-state index is 12.5. The van der Waals surface area contributed by atoms with Crippen molar-refractivity contribution in [2.45, 2.75) is 23.6 Å². The lowest BCUT2D eigenvalue weighted by Gasteiger charge is -2.07. The molecule has 7 nitrogen and oxygen atoms in total. The summed E-state index contributed by atoms with van der Waals surface area (Å²) in [6, 6.07) is 13.7. The summed E-state index contributed by atoms with van der Waals surface area (Å²) in [6.07, 6.45) is 0. The maximum Gasteiger partial charge on any atom is 0.285 e. The molecule has 144 valence electrons. The summed E-state index contributed by atoms with van der Waals surface area (Å²) in [5, 5.41) is 15.5. The first-order chi connectivity index (χ1) is 13.4. The van der Waals surface area contributed by atoms with Gasteiger partial charge in [-0.2, -0.15) is 5.10 Å². The third-order valence-electron chi connectivity index (χ3n) is 3.91. The molecule has 0 aliphatic carbocycles. The Balaban J connectivity index is 1.79. The molecule has 0 saturated heterocycles. The van der Waals surface area contributed by atoms with Gasteiger partial charge in [-0.05, 0) is 44.2 Å². The average Bonchev–Trinajstić information content (AvgIpc) is 2.96. The summed E-state index contributed by atoms with van der Waals surface area (Å²) >= 11 is 4.57. The number of nitro groups is 1.